The van der Waals surface area contributed by atoms with E-state index in [0.29, 0.717) is 21.6 Å². The largest absolute Gasteiger partial charge is 0.490 e. The van der Waals surface area contributed by atoms with Crippen LogP contribution in [0.2, 0.25) is 5.02 Å². The van der Waals surface area contributed by atoms with E-state index in [1.165, 1.54) is 11.8 Å². The Hall–Kier alpha value is -3.36. The van der Waals surface area contributed by atoms with Crippen molar-refractivity contribution in [2.75, 3.05) is 6.79 Å². The number of para-hydroxylation sites is 1. The van der Waals surface area contributed by atoms with Crippen molar-refractivity contribution in [1.82, 2.24) is 9.88 Å². The molecule has 3 aliphatic rings. The average Bonchev–Trinajstić information content (AvgIpc) is 3.64. The molecular weight excluding hydrogens is 524 g/mol. The molecule has 3 aliphatic heterocycles. The van der Waals surface area contributed by atoms with Gasteiger partial charge >= 0.3 is 0 Å². The maximum atomic E-state index is 13.5. The number of oxazole rings is 1. The highest BCUT2D eigenvalue weighted by Gasteiger charge is 2.44. The number of fused-ring (bicyclic) bond motifs is 4. The molecule has 4 heterocycles. The van der Waals surface area contributed by atoms with Crippen LogP contribution in [0.25, 0.3) is 11.1 Å². The molecule has 2 unspecified atom stereocenters. The minimum absolute atomic E-state index is 0.0815. The number of rotatable bonds is 6. The van der Waals surface area contributed by atoms with Crippen molar-refractivity contribution in [3.8, 4) is 17.2 Å². The third kappa shape index (κ3) is 4.46. The summed E-state index contributed by atoms with van der Waals surface area (Å²) in [5, 5.41) is 1.14. The third-order valence-corrected chi connectivity index (χ3v) is 8.68. The van der Waals surface area contributed by atoms with Gasteiger partial charge < -0.3 is 23.5 Å². The molecule has 2 bridgehead atoms. The van der Waals surface area contributed by atoms with E-state index in [2.05, 4.69) is 9.88 Å². The van der Waals surface area contributed by atoms with Crippen molar-refractivity contribution in [2.45, 2.75) is 54.8 Å². The van der Waals surface area contributed by atoms with Crippen LogP contribution in [-0.4, -0.2) is 40.8 Å². The molecule has 0 aliphatic carbocycles. The van der Waals surface area contributed by atoms with E-state index in [0.717, 1.165) is 59.6 Å². The topological polar surface area (TPSA) is 74.0 Å². The van der Waals surface area contributed by atoms with Gasteiger partial charge in [0.25, 0.3) is 11.1 Å². The molecule has 194 valence electrons. The number of halogens is 1. The van der Waals surface area contributed by atoms with Crippen molar-refractivity contribution in [1.29, 1.82) is 0 Å². The summed E-state index contributed by atoms with van der Waals surface area (Å²) in [5.41, 5.74) is 3.18. The molecule has 0 saturated carbocycles. The van der Waals surface area contributed by atoms with Crippen molar-refractivity contribution < 1.29 is 23.4 Å². The zero-order valence-corrected chi connectivity index (χ0v) is 22.0. The van der Waals surface area contributed by atoms with E-state index in [1.54, 1.807) is 6.07 Å². The molecule has 7 rings (SSSR count). The highest BCUT2D eigenvalue weighted by molar-refractivity contribution is 7.98. The number of amides is 1. The Morgan fingerprint density at radius 3 is 2.61 bits per heavy atom. The minimum atomic E-state index is 0.0815. The fourth-order valence-corrected chi connectivity index (χ4v) is 6.69. The van der Waals surface area contributed by atoms with Gasteiger partial charge in [-0.2, -0.15) is 0 Å². The summed E-state index contributed by atoms with van der Waals surface area (Å²) >= 11 is 7.70. The van der Waals surface area contributed by atoms with Gasteiger partial charge in [-0.15, -0.1) is 0 Å². The Morgan fingerprint density at radius 2 is 1.82 bits per heavy atom. The van der Waals surface area contributed by atoms with E-state index < -0.39 is 0 Å². The van der Waals surface area contributed by atoms with Crippen LogP contribution in [0.15, 0.2) is 70.3 Å². The molecule has 38 heavy (non-hydrogen) atoms. The van der Waals surface area contributed by atoms with Crippen LogP contribution in [0.4, 0.5) is 0 Å². The third-order valence-electron chi connectivity index (χ3n) is 7.48. The molecule has 2 fully saturated rings. The highest BCUT2D eigenvalue weighted by Crippen LogP contribution is 2.40. The SMILES string of the molecule is O=C(c1ccc(CSc2nc3cccc(Cl)c3o2)cc1)N1C2CCC1CC(Oc1ccc3c(c1)OCO3)C2. The molecule has 1 aromatic heterocycles. The van der Waals surface area contributed by atoms with Gasteiger partial charge in [-0.1, -0.05) is 41.6 Å². The zero-order chi connectivity index (χ0) is 25.6. The number of thioether (sulfide) groups is 1. The Labute approximate surface area is 229 Å². The highest BCUT2D eigenvalue weighted by atomic mass is 35.5. The van der Waals surface area contributed by atoms with Gasteiger partial charge in [-0.05, 0) is 54.8 Å². The maximum absolute atomic E-state index is 13.5. The van der Waals surface area contributed by atoms with Gasteiger partial charge in [-0.3, -0.25) is 4.79 Å². The van der Waals surface area contributed by atoms with Gasteiger partial charge in [0, 0.05) is 42.3 Å². The number of ether oxygens (including phenoxy) is 3. The van der Waals surface area contributed by atoms with Crippen molar-refractivity contribution in [3.05, 3.63) is 76.8 Å². The standard InChI is InChI=1S/C29H25ClN2O5S/c30-23-2-1-3-24-27(23)37-29(31-24)38-15-17-4-6-18(7-5-17)28(33)32-19-8-9-20(32)13-22(12-19)36-21-10-11-25-26(14-21)35-16-34-25/h1-7,10-11,14,19-20,22H,8-9,12-13,15-16H2. The molecule has 4 aromatic rings. The molecule has 7 nitrogen and oxygen atoms in total. The Kier molecular flexibility index (Phi) is 6.09. The monoisotopic (exact) mass is 548 g/mol. The fraction of sp³-hybridized carbons (Fsp3) is 0.310. The number of hydrogen-bond donors (Lipinski definition) is 0. The minimum Gasteiger partial charge on any atom is -0.490 e. The molecule has 3 aromatic carbocycles. The van der Waals surface area contributed by atoms with Gasteiger partial charge in [0.1, 0.15) is 17.4 Å². The van der Waals surface area contributed by atoms with Crippen LogP contribution in [-0.2, 0) is 5.75 Å². The predicted octanol–water partition coefficient (Wildman–Crippen LogP) is 6.72. The molecular formula is C29H25ClN2O5S. The lowest BCUT2D eigenvalue weighted by Crippen LogP contribution is -2.49. The first-order valence-corrected chi connectivity index (χ1v) is 14.1. The summed E-state index contributed by atoms with van der Waals surface area (Å²) in [4.78, 5) is 20.1. The number of nitrogens with zero attached hydrogens (tertiary/aromatic N) is 2. The van der Waals surface area contributed by atoms with Crippen LogP contribution >= 0.6 is 23.4 Å². The van der Waals surface area contributed by atoms with E-state index in [4.69, 9.17) is 30.2 Å². The van der Waals surface area contributed by atoms with Gasteiger partial charge in [0.15, 0.2) is 17.1 Å². The number of piperidine rings is 1. The first-order chi connectivity index (χ1) is 18.6. The van der Waals surface area contributed by atoms with Crippen molar-refractivity contribution >= 4 is 40.4 Å². The van der Waals surface area contributed by atoms with Gasteiger partial charge in [0.05, 0.1) is 5.02 Å². The van der Waals surface area contributed by atoms with Crippen LogP contribution in [0.3, 0.4) is 0 Å². The second kappa shape index (κ2) is 9.75. The van der Waals surface area contributed by atoms with E-state index in [1.807, 2.05) is 54.6 Å². The summed E-state index contributed by atoms with van der Waals surface area (Å²) in [6.07, 6.45) is 3.78. The van der Waals surface area contributed by atoms with Crippen molar-refractivity contribution in [2.24, 2.45) is 0 Å². The van der Waals surface area contributed by atoms with Gasteiger partial charge in [0.2, 0.25) is 6.79 Å². The lowest BCUT2D eigenvalue weighted by Gasteiger charge is -2.39. The van der Waals surface area contributed by atoms with Crippen LogP contribution in [0.1, 0.15) is 41.6 Å². The number of benzene rings is 3. The number of carbonyl (C=O) groups is 1. The molecule has 0 N–H and O–H groups in total. The molecule has 0 spiro atoms. The Bertz CT molecular complexity index is 1490. The van der Waals surface area contributed by atoms with E-state index in [9.17, 15) is 4.79 Å². The van der Waals surface area contributed by atoms with E-state index in [-0.39, 0.29) is 30.9 Å². The average molecular weight is 549 g/mol. The number of carbonyl (C=O) groups excluding carboxylic acids is 1. The van der Waals surface area contributed by atoms with Crippen molar-refractivity contribution in [3.63, 3.8) is 0 Å². The normalized spacial score (nSPS) is 21.7. The summed E-state index contributed by atoms with van der Waals surface area (Å²) in [6, 6.07) is 19.5. The second-order valence-electron chi connectivity index (χ2n) is 9.88. The van der Waals surface area contributed by atoms with Gasteiger partial charge in [-0.25, -0.2) is 4.98 Å². The summed E-state index contributed by atoms with van der Waals surface area (Å²) < 4.78 is 23.0. The quantitative estimate of drug-likeness (QED) is 0.248. The second-order valence-corrected chi connectivity index (χ2v) is 11.2. The lowest BCUT2D eigenvalue weighted by molar-refractivity contribution is 0.0358. The van der Waals surface area contributed by atoms with Crippen LogP contribution in [0.5, 0.6) is 17.2 Å². The molecule has 1 amide bonds. The van der Waals surface area contributed by atoms with Crippen LogP contribution in [0, 0.1) is 0 Å². The van der Waals surface area contributed by atoms with E-state index >= 15 is 0 Å². The first-order valence-electron chi connectivity index (χ1n) is 12.8. The van der Waals surface area contributed by atoms with Crippen LogP contribution < -0.4 is 14.2 Å². The predicted molar refractivity (Wildman–Crippen MR) is 144 cm³/mol. The molecule has 0 radical (unpaired) electrons. The summed E-state index contributed by atoms with van der Waals surface area (Å²) in [6.45, 7) is 0.247. The maximum Gasteiger partial charge on any atom is 0.257 e. The number of aromatic nitrogens is 1. The summed E-state index contributed by atoms with van der Waals surface area (Å²) in [7, 11) is 0. The Morgan fingerprint density at radius 1 is 1.03 bits per heavy atom. The first kappa shape index (κ1) is 23.7. The molecule has 9 heteroatoms. The number of hydrogen-bond acceptors (Lipinski definition) is 7. The Balaban J connectivity index is 0.976. The lowest BCUT2D eigenvalue weighted by atomic mass is 9.98. The molecule has 2 atom stereocenters. The zero-order valence-electron chi connectivity index (χ0n) is 20.5. The molecule has 2 saturated heterocycles. The fourth-order valence-electron chi connectivity index (χ4n) is 5.69. The summed E-state index contributed by atoms with van der Waals surface area (Å²) in [5.74, 6) is 3.05. The smallest absolute Gasteiger partial charge is 0.257 e.